The molecule has 0 radical (unpaired) electrons. The van der Waals surface area contributed by atoms with Crippen molar-refractivity contribution in [1.82, 2.24) is 10.6 Å². The first-order valence-corrected chi connectivity index (χ1v) is 7.07. The van der Waals surface area contributed by atoms with Crippen LogP contribution in [0.25, 0.3) is 0 Å². The van der Waals surface area contributed by atoms with E-state index in [2.05, 4.69) is 12.6 Å². The van der Waals surface area contributed by atoms with Crippen LogP contribution in [0.3, 0.4) is 0 Å². The lowest BCUT2D eigenvalue weighted by molar-refractivity contribution is -0.131. The van der Waals surface area contributed by atoms with E-state index in [1.54, 1.807) is 18.2 Å². The van der Waals surface area contributed by atoms with Gasteiger partial charge in [0.15, 0.2) is 5.37 Å². The van der Waals surface area contributed by atoms with Crippen LogP contribution >= 0.6 is 12.6 Å². The molecule has 0 spiro atoms. The van der Waals surface area contributed by atoms with E-state index in [1.807, 2.05) is 5.43 Å². The van der Waals surface area contributed by atoms with Crippen LogP contribution in [0.2, 0.25) is 0 Å². The Bertz CT molecular complexity index is 506. The van der Waals surface area contributed by atoms with Crippen LogP contribution in [0, 0.1) is 0 Å². The highest BCUT2D eigenvalue weighted by atomic mass is 32.2. The first-order valence-electron chi connectivity index (χ1n) is 4.83. The predicted octanol–water partition coefficient (Wildman–Crippen LogP) is -0.433. The predicted molar refractivity (Wildman–Crippen MR) is 68.3 cm³/mol. The average molecular weight is 291 g/mol. The van der Waals surface area contributed by atoms with Crippen LogP contribution in [-0.4, -0.2) is 35.8 Å². The van der Waals surface area contributed by atoms with Gasteiger partial charge in [0, 0.05) is 11.3 Å². The van der Waals surface area contributed by atoms with Crippen molar-refractivity contribution in [2.24, 2.45) is 5.14 Å². The molecule has 1 aromatic rings. The van der Waals surface area contributed by atoms with E-state index < -0.39 is 21.3 Å². The highest BCUT2D eigenvalue weighted by Crippen LogP contribution is 2.04. The standard InChI is InChI=1S/C9H13N3O4S2/c10-18(15,16)8(6-17)12(14)11-9(13)7-4-2-1-3-5-7/h1-5,8,14,17H,6H2,(H,11,13)(H2,10,15,16)/t8-/m1/s1. The summed E-state index contributed by atoms with van der Waals surface area (Å²) in [4.78, 5) is 11.6. The summed E-state index contributed by atoms with van der Waals surface area (Å²) in [6.07, 6.45) is 0. The maximum Gasteiger partial charge on any atom is 0.267 e. The number of nitrogens with one attached hydrogen (secondary N) is 1. The molecule has 18 heavy (non-hydrogen) atoms. The quantitative estimate of drug-likeness (QED) is 0.434. The number of hydrazine groups is 1. The lowest BCUT2D eigenvalue weighted by atomic mass is 10.2. The zero-order valence-corrected chi connectivity index (χ0v) is 10.9. The number of rotatable bonds is 5. The molecule has 0 saturated heterocycles. The second kappa shape index (κ2) is 6.16. The number of carbonyl (C=O) groups excluding carboxylic acids is 1. The van der Waals surface area contributed by atoms with E-state index in [9.17, 15) is 18.4 Å². The second-order valence-electron chi connectivity index (χ2n) is 3.38. The Morgan fingerprint density at radius 3 is 2.44 bits per heavy atom. The van der Waals surface area contributed by atoms with E-state index in [1.165, 1.54) is 12.1 Å². The fourth-order valence-corrected chi connectivity index (χ4v) is 2.47. The molecule has 7 nitrogen and oxygen atoms in total. The van der Waals surface area contributed by atoms with Gasteiger partial charge in [-0.05, 0) is 12.1 Å². The maximum atomic E-state index is 11.6. The number of nitrogens with zero attached hydrogens (tertiary/aromatic N) is 1. The number of benzene rings is 1. The van der Waals surface area contributed by atoms with Gasteiger partial charge < -0.3 is 0 Å². The third-order valence-corrected chi connectivity index (χ3v) is 3.78. The molecule has 0 fully saturated rings. The van der Waals surface area contributed by atoms with Crippen LogP contribution in [0.5, 0.6) is 0 Å². The summed E-state index contributed by atoms with van der Waals surface area (Å²) in [5.41, 5.74) is 2.26. The van der Waals surface area contributed by atoms with Gasteiger partial charge in [-0.2, -0.15) is 12.6 Å². The molecule has 0 aliphatic rings. The van der Waals surface area contributed by atoms with Gasteiger partial charge in [-0.15, -0.1) is 0 Å². The molecule has 0 unspecified atom stereocenters. The molecule has 1 aromatic carbocycles. The summed E-state index contributed by atoms with van der Waals surface area (Å²) >= 11 is 3.75. The fraction of sp³-hybridized carbons (Fsp3) is 0.222. The molecule has 0 heterocycles. The number of carbonyl (C=O) groups is 1. The minimum Gasteiger partial charge on any atom is -0.293 e. The SMILES string of the molecule is NS(=O)(=O)[C@H](CS)N(O)NC(=O)c1ccccc1. The third-order valence-electron chi connectivity index (χ3n) is 2.06. The average Bonchev–Trinajstić information content (AvgIpc) is 2.29. The van der Waals surface area contributed by atoms with E-state index >= 15 is 0 Å². The Hall–Kier alpha value is -1.13. The molecule has 1 amide bonds. The Morgan fingerprint density at radius 1 is 1.44 bits per heavy atom. The summed E-state index contributed by atoms with van der Waals surface area (Å²) < 4.78 is 22.2. The minimum atomic E-state index is -4.06. The zero-order valence-electron chi connectivity index (χ0n) is 9.22. The summed E-state index contributed by atoms with van der Waals surface area (Å²) in [7, 11) is -4.06. The minimum absolute atomic E-state index is 0.137. The summed E-state index contributed by atoms with van der Waals surface area (Å²) in [5, 5.41) is 13.0. The van der Waals surface area contributed by atoms with E-state index in [-0.39, 0.29) is 16.5 Å². The normalized spacial score (nSPS) is 13.3. The molecule has 100 valence electrons. The molecule has 0 aliphatic carbocycles. The summed E-state index contributed by atoms with van der Waals surface area (Å²) in [5.74, 6) is -0.932. The van der Waals surface area contributed by atoms with Crippen molar-refractivity contribution in [3.63, 3.8) is 0 Å². The van der Waals surface area contributed by atoms with Crippen molar-refractivity contribution in [2.45, 2.75) is 5.37 Å². The molecule has 0 aliphatic heterocycles. The lowest BCUT2D eigenvalue weighted by Gasteiger charge is -2.22. The molecule has 0 aromatic heterocycles. The Labute approximate surface area is 110 Å². The number of primary sulfonamides is 1. The Balaban J connectivity index is 2.76. The summed E-state index contributed by atoms with van der Waals surface area (Å²) in [6.45, 7) is 0. The van der Waals surface area contributed by atoms with Crippen molar-refractivity contribution in [1.29, 1.82) is 0 Å². The van der Waals surface area contributed by atoms with Crippen LogP contribution in [0.15, 0.2) is 30.3 Å². The van der Waals surface area contributed by atoms with Crippen molar-refractivity contribution in [2.75, 3.05) is 5.75 Å². The van der Waals surface area contributed by atoms with Crippen molar-refractivity contribution in [3.05, 3.63) is 35.9 Å². The first-order chi connectivity index (χ1) is 8.36. The monoisotopic (exact) mass is 291 g/mol. The van der Waals surface area contributed by atoms with Gasteiger partial charge in [0.2, 0.25) is 10.0 Å². The van der Waals surface area contributed by atoms with Crippen LogP contribution in [-0.2, 0) is 10.0 Å². The number of thiol groups is 1. The van der Waals surface area contributed by atoms with E-state index in [0.717, 1.165) is 0 Å². The van der Waals surface area contributed by atoms with Crippen molar-refractivity contribution in [3.8, 4) is 0 Å². The molecule has 4 N–H and O–H groups in total. The van der Waals surface area contributed by atoms with Gasteiger partial charge in [-0.25, -0.2) is 13.6 Å². The number of amides is 1. The van der Waals surface area contributed by atoms with Gasteiger partial charge in [0.05, 0.1) is 0 Å². The Morgan fingerprint density at radius 2 is 2.00 bits per heavy atom. The highest BCUT2D eigenvalue weighted by Gasteiger charge is 2.28. The van der Waals surface area contributed by atoms with Gasteiger partial charge in [0.1, 0.15) is 0 Å². The lowest BCUT2D eigenvalue weighted by Crippen LogP contribution is -2.52. The smallest absolute Gasteiger partial charge is 0.267 e. The highest BCUT2D eigenvalue weighted by molar-refractivity contribution is 7.91. The third kappa shape index (κ3) is 3.96. The molecule has 0 saturated carbocycles. The van der Waals surface area contributed by atoms with Gasteiger partial charge in [0.25, 0.3) is 5.91 Å². The molecule has 1 atom stereocenters. The van der Waals surface area contributed by atoms with Crippen molar-refractivity contribution < 1.29 is 18.4 Å². The Kier molecular flexibility index (Phi) is 5.11. The second-order valence-corrected chi connectivity index (χ2v) is 5.47. The van der Waals surface area contributed by atoms with Crippen LogP contribution in [0.4, 0.5) is 0 Å². The maximum absolute atomic E-state index is 11.6. The number of sulfonamides is 1. The largest absolute Gasteiger partial charge is 0.293 e. The van der Waals surface area contributed by atoms with E-state index in [0.29, 0.717) is 0 Å². The zero-order chi connectivity index (χ0) is 13.8. The number of hydrogen-bond acceptors (Lipinski definition) is 6. The number of nitrogens with two attached hydrogens (primary N) is 1. The first kappa shape index (κ1) is 14.9. The van der Waals surface area contributed by atoms with Crippen molar-refractivity contribution >= 4 is 28.6 Å². The van der Waals surface area contributed by atoms with Gasteiger partial charge >= 0.3 is 0 Å². The number of hydroxylamine groups is 1. The fourth-order valence-electron chi connectivity index (χ4n) is 1.15. The number of hydrogen-bond donors (Lipinski definition) is 4. The van der Waals surface area contributed by atoms with E-state index in [4.69, 9.17) is 5.14 Å². The molecule has 0 bridgehead atoms. The van der Waals surface area contributed by atoms with Gasteiger partial charge in [-0.1, -0.05) is 23.4 Å². The van der Waals surface area contributed by atoms with Crippen LogP contribution < -0.4 is 10.6 Å². The van der Waals surface area contributed by atoms with Crippen LogP contribution in [0.1, 0.15) is 10.4 Å². The molecule has 1 rings (SSSR count). The molecular weight excluding hydrogens is 278 g/mol. The molecular formula is C9H13N3O4S2. The summed E-state index contributed by atoms with van der Waals surface area (Å²) in [6, 6.07) is 8.00. The molecule has 9 heteroatoms. The topological polar surface area (TPSA) is 113 Å². The van der Waals surface area contributed by atoms with Gasteiger partial charge in [-0.3, -0.25) is 15.4 Å².